The second kappa shape index (κ2) is 8.34. The van der Waals surface area contributed by atoms with Gasteiger partial charge in [0.25, 0.3) is 5.56 Å². The zero-order valence-corrected chi connectivity index (χ0v) is 17.4. The van der Waals surface area contributed by atoms with Gasteiger partial charge in [-0.05, 0) is 48.4 Å². The van der Waals surface area contributed by atoms with Crippen LogP contribution in [0.5, 0.6) is 0 Å². The third-order valence-electron chi connectivity index (χ3n) is 5.15. The minimum absolute atomic E-state index is 0.0256. The molecule has 3 aromatic heterocycles. The summed E-state index contributed by atoms with van der Waals surface area (Å²) in [5.41, 5.74) is 2.38. The molecule has 0 radical (unpaired) electrons. The van der Waals surface area contributed by atoms with Gasteiger partial charge in [0.05, 0.1) is 23.7 Å². The largest absolute Gasteiger partial charge is 0.394 e. The average molecular weight is 421 g/mol. The van der Waals surface area contributed by atoms with Gasteiger partial charge in [-0.3, -0.25) is 19.3 Å². The van der Waals surface area contributed by atoms with Crippen LogP contribution in [0.25, 0.3) is 33.5 Å². The van der Waals surface area contributed by atoms with Crippen LogP contribution in [0.4, 0.5) is 0 Å². The van der Waals surface area contributed by atoms with E-state index in [2.05, 4.69) is 9.97 Å². The van der Waals surface area contributed by atoms with Crippen LogP contribution in [0.15, 0.2) is 65.8 Å². The summed E-state index contributed by atoms with van der Waals surface area (Å²) >= 11 is 6.06. The van der Waals surface area contributed by atoms with Crippen LogP contribution < -0.4 is 5.56 Å². The van der Waals surface area contributed by atoms with E-state index in [1.54, 1.807) is 41.4 Å². The molecule has 0 amide bonds. The Morgan fingerprint density at radius 1 is 1.07 bits per heavy atom. The summed E-state index contributed by atoms with van der Waals surface area (Å²) in [6.45, 7) is 3.76. The number of pyridine rings is 2. The molecule has 1 atom stereocenters. The zero-order chi connectivity index (χ0) is 21.3. The molecule has 0 aliphatic heterocycles. The summed E-state index contributed by atoms with van der Waals surface area (Å²) < 4.78 is 1.59. The summed E-state index contributed by atoms with van der Waals surface area (Å²) in [6.07, 6.45) is 4.98. The van der Waals surface area contributed by atoms with Crippen molar-refractivity contribution in [1.82, 2.24) is 19.5 Å². The fraction of sp³-hybridized carbons (Fsp3) is 0.217. The Morgan fingerprint density at radius 2 is 1.83 bits per heavy atom. The average Bonchev–Trinajstić information content (AvgIpc) is 2.76. The molecule has 1 aromatic carbocycles. The maximum atomic E-state index is 13.6. The van der Waals surface area contributed by atoms with Crippen molar-refractivity contribution in [3.8, 4) is 22.6 Å². The molecule has 0 bridgehead atoms. The first-order valence-electron chi connectivity index (χ1n) is 9.69. The number of halogens is 1. The lowest BCUT2D eigenvalue weighted by Gasteiger charge is -2.25. The molecule has 0 saturated heterocycles. The standard InChI is InChI=1S/C23H21ClN4O2/c1-14(2)19(13-29)28-22(15-5-7-17(24)8-6-15)27-21-18(23(28)30)9-11-26-20(21)16-4-3-10-25-12-16/h3-12,14,19,29H,13H2,1-2H3. The number of hydrogen-bond acceptors (Lipinski definition) is 5. The SMILES string of the molecule is CC(C)C(CO)n1c(-c2ccc(Cl)cc2)nc2c(-c3cccnc3)nccc2c1=O. The number of aliphatic hydroxyl groups excluding tert-OH is 1. The second-order valence-corrected chi connectivity index (χ2v) is 7.85. The van der Waals surface area contributed by atoms with Crippen LogP contribution in [-0.4, -0.2) is 31.2 Å². The Morgan fingerprint density at radius 3 is 2.47 bits per heavy atom. The maximum Gasteiger partial charge on any atom is 0.262 e. The molecule has 0 fully saturated rings. The number of rotatable bonds is 5. The van der Waals surface area contributed by atoms with Crippen LogP contribution >= 0.6 is 11.6 Å². The van der Waals surface area contributed by atoms with Gasteiger partial charge in [-0.1, -0.05) is 25.4 Å². The first-order chi connectivity index (χ1) is 14.5. The Bertz CT molecular complexity index is 1240. The van der Waals surface area contributed by atoms with E-state index in [1.165, 1.54) is 0 Å². The van der Waals surface area contributed by atoms with Gasteiger partial charge < -0.3 is 5.11 Å². The number of nitrogens with zero attached hydrogens (tertiary/aromatic N) is 4. The predicted octanol–water partition coefficient (Wildman–Crippen LogP) is 4.36. The lowest BCUT2D eigenvalue weighted by molar-refractivity contribution is 0.191. The van der Waals surface area contributed by atoms with Crippen LogP contribution in [0.1, 0.15) is 19.9 Å². The van der Waals surface area contributed by atoms with Gasteiger partial charge in [-0.25, -0.2) is 4.98 Å². The van der Waals surface area contributed by atoms with Crippen LogP contribution in [-0.2, 0) is 0 Å². The van der Waals surface area contributed by atoms with Crippen LogP contribution in [0.2, 0.25) is 5.02 Å². The van der Waals surface area contributed by atoms with Gasteiger partial charge in [0.15, 0.2) is 0 Å². The van der Waals surface area contributed by atoms with Gasteiger partial charge in [0.1, 0.15) is 11.3 Å². The van der Waals surface area contributed by atoms with Gasteiger partial charge >= 0.3 is 0 Å². The summed E-state index contributed by atoms with van der Waals surface area (Å²) in [7, 11) is 0. The molecule has 0 spiro atoms. The van der Waals surface area contributed by atoms with Crippen LogP contribution in [0, 0.1) is 5.92 Å². The summed E-state index contributed by atoms with van der Waals surface area (Å²) in [5, 5.41) is 11.1. The van der Waals surface area contributed by atoms with E-state index >= 15 is 0 Å². The van der Waals surface area contributed by atoms with E-state index in [9.17, 15) is 9.90 Å². The molecule has 4 rings (SSSR count). The highest BCUT2D eigenvalue weighted by Gasteiger charge is 2.24. The van der Waals surface area contributed by atoms with Crippen LogP contribution in [0.3, 0.4) is 0 Å². The molecular formula is C23H21ClN4O2. The number of aliphatic hydroxyl groups is 1. The van der Waals surface area contributed by atoms with Crippen molar-refractivity contribution < 1.29 is 5.11 Å². The monoisotopic (exact) mass is 420 g/mol. The van der Waals surface area contributed by atoms with Gasteiger partial charge in [-0.15, -0.1) is 0 Å². The molecule has 6 nitrogen and oxygen atoms in total. The van der Waals surface area contributed by atoms with E-state index in [-0.39, 0.29) is 18.1 Å². The van der Waals surface area contributed by atoms with Crippen molar-refractivity contribution in [3.05, 3.63) is 76.4 Å². The summed E-state index contributed by atoms with van der Waals surface area (Å²) in [5.74, 6) is 0.493. The quantitative estimate of drug-likeness (QED) is 0.518. The first-order valence-corrected chi connectivity index (χ1v) is 10.1. The Hall–Kier alpha value is -3.09. The molecule has 4 aromatic rings. The Kier molecular flexibility index (Phi) is 5.61. The lowest BCUT2D eigenvalue weighted by Crippen LogP contribution is -2.32. The van der Waals surface area contributed by atoms with Crippen molar-refractivity contribution in [2.75, 3.05) is 6.61 Å². The number of fused-ring (bicyclic) bond motifs is 1. The van der Waals surface area contributed by atoms with E-state index in [4.69, 9.17) is 16.6 Å². The summed E-state index contributed by atoms with van der Waals surface area (Å²) in [4.78, 5) is 27.1. The third kappa shape index (κ3) is 3.60. The smallest absolute Gasteiger partial charge is 0.262 e. The fourth-order valence-corrected chi connectivity index (χ4v) is 3.67. The first kappa shape index (κ1) is 20.2. The third-order valence-corrected chi connectivity index (χ3v) is 5.40. The molecule has 1 N–H and O–H groups in total. The molecule has 7 heteroatoms. The van der Waals surface area contributed by atoms with E-state index < -0.39 is 6.04 Å². The minimum Gasteiger partial charge on any atom is -0.394 e. The molecule has 152 valence electrons. The van der Waals surface area contributed by atoms with E-state index in [0.29, 0.717) is 27.4 Å². The normalized spacial score (nSPS) is 12.4. The van der Waals surface area contributed by atoms with E-state index in [0.717, 1.165) is 11.1 Å². The maximum absolute atomic E-state index is 13.6. The van der Waals surface area contributed by atoms with Gasteiger partial charge in [-0.2, -0.15) is 0 Å². The van der Waals surface area contributed by atoms with Crippen molar-refractivity contribution in [3.63, 3.8) is 0 Å². The van der Waals surface area contributed by atoms with Crippen molar-refractivity contribution in [2.24, 2.45) is 5.92 Å². The molecule has 0 aliphatic carbocycles. The lowest BCUT2D eigenvalue weighted by atomic mass is 10.0. The van der Waals surface area contributed by atoms with Gasteiger partial charge in [0.2, 0.25) is 0 Å². The highest BCUT2D eigenvalue weighted by atomic mass is 35.5. The van der Waals surface area contributed by atoms with Crippen molar-refractivity contribution >= 4 is 22.5 Å². The summed E-state index contributed by atoms with van der Waals surface area (Å²) in [6, 6.07) is 12.1. The molecular weight excluding hydrogens is 400 g/mol. The predicted molar refractivity (Wildman–Crippen MR) is 118 cm³/mol. The number of aromatic nitrogens is 4. The highest BCUT2D eigenvalue weighted by molar-refractivity contribution is 6.30. The Labute approximate surface area is 178 Å². The topological polar surface area (TPSA) is 80.9 Å². The Balaban J connectivity index is 2.10. The minimum atomic E-state index is -0.421. The number of benzene rings is 1. The molecule has 1 unspecified atom stereocenters. The second-order valence-electron chi connectivity index (χ2n) is 7.41. The van der Waals surface area contributed by atoms with Crippen molar-refractivity contribution in [1.29, 1.82) is 0 Å². The fourth-order valence-electron chi connectivity index (χ4n) is 3.54. The van der Waals surface area contributed by atoms with Crippen molar-refractivity contribution in [2.45, 2.75) is 19.9 Å². The molecule has 30 heavy (non-hydrogen) atoms. The highest BCUT2D eigenvalue weighted by Crippen LogP contribution is 2.29. The zero-order valence-electron chi connectivity index (χ0n) is 16.7. The number of hydrogen-bond donors (Lipinski definition) is 1. The molecule has 3 heterocycles. The van der Waals surface area contributed by atoms with Gasteiger partial charge in [0, 0.05) is 34.7 Å². The molecule has 0 aliphatic rings. The molecule has 0 saturated carbocycles. The van der Waals surface area contributed by atoms with E-state index in [1.807, 2.05) is 38.1 Å².